The van der Waals surface area contributed by atoms with Gasteiger partial charge in [-0.3, -0.25) is 4.98 Å². The molecular formula is C26H26FN7O. The third kappa shape index (κ3) is 3.54. The maximum absolute atomic E-state index is 15.3. The summed E-state index contributed by atoms with van der Waals surface area (Å²) in [7, 11) is 1.86. The molecule has 1 fully saturated rings. The van der Waals surface area contributed by atoms with Crippen LogP contribution in [0.25, 0.3) is 33.3 Å². The Bertz CT molecular complexity index is 1530. The van der Waals surface area contributed by atoms with Crippen LogP contribution in [-0.2, 0) is 11.8 Å². The second-order valence-electron chi connectivity index (χ2n) is 9.13. The summed E-state index contributed by atoms with van der Waals surface area (Å²) in [5.41, 5.74) is 11.7. The Kier molecular flexibility index (Phi) is 5.21. The first-order valence-corrected chi connectivity index (χ1v) is 11.8. The molecule has 0 radical (unpaired) electrons. The van der Waals surface area contributed by atoms with Crippen molar-refractivity contribution in [2.45, 2.75) is 25.8 Å². The number of halogens is 1. The Morgan fingerprint density at radius 2 is 1.94 bits per heavy atom. The third-order valence-corrected chi connectivity index (χ3v) is 6.99. The number of nitrogens with two attached hydrogens (primary N) is 1. The number of anilines is 1. The zero-order chi connectivity index (χ0) is 24.1. The van der Waals surface area contributed by atoms with Crippen molar-refractivity contribution >= 4 is 27.9 Å². The first-order chi connectivity index (χ1) is 17.0. The lowest BCUT2D eigenvalue weighted by molar-refractivity contribution is 0.0548. The molecule has 1 aliphatic rings. The molecule has 1 aromatic carbocycles. The van der Waals surface area contributed by atoms with E-state index in [0.29, 0.717) is 30.2 Å². The monoisotopic (exact) mass is 471 g/mol. The maximum atomic E-state index is 15.3. The zero-order valence-electron chi connectivity index (χ0n) is 19.6. The minimum atomic E-state index is -0.294. The number of hydrogen-bond donors (Lipinski definition) is 1. The summed E-state index contributed by atoms with van der Waals surface area (Å²) >= 11 is 0. The number of hydrogen-bond acceptors (Lipinski definition) is 6. The lowest BCUT2D eigenvalue weighted by Crippen LogP contribution is -2.27. The molecule has 1 aliphatic heterocycles. The summed E-state index contributed by atoms with van der Waals surface area (Å²) in [5.74, 6) is 0.331. The molecule has 0 unspecified atom stereocenters. The normalized spacial score (nSPS) is 15.7. The van der Waals surface area contributed by atoms with Gasteiger partial charge in [-0.05, 0) is 49.9 Å². The standard InChI is InChI=1S/C26H26FN7O/c1-15-24(33(2)32-31-15)17-13-21-23(29-14-17)19-7-8-22(28)30-26(19)34(21)25(16-9-11-35-12-10-16)18-5-3-4-6-20(18)27/h3-8,13-14,16,25H,9-12H2,1-2H3,(H2,28,30)/t25-/m0/s1. The minimum Gasteiger partial charge on any atom is -0.384 e. The molecule has 9 heteroatoms. The van der Waals surface area contributed by atoms with E-state index in [1.165, 1.54) is 6.07 Å². The van der Waals surface area contributed by atoms with Crippen LogP contribution in [0.3, 0.4) is 0 Å². The molecule has 0 bridgehead atoms. The van der Waals surface area contributed by atoms with Gasteiger partial charge in [0.1, 0.15) is 17.3 Å². The number of rotatable bonds is 4. The summed E-state index contributed by atoms with van der Waals surface area (Å²) < 4.78 is 24.9. The molecule has 5 heterocycles. The van der Waals surface area contributed by atoms with Crippen LogP contribution < -0.4 is 5.73 Å². The molecular weight excluding hydrogens is 445 g/mol. The highest BCUT2D eigenvalue weighted by Crippen LogP contribution is 2.41. The molecule has 0 saturated carbocycles. The van der Waals surface area contributed by atoms with Gasteiger partial charge in [-0.15, -0.1) is 5.10 Å². The molecule has 35 heavy (non-hydrogen) atoms. The van der Waals surface area contributed by atoms with Crippen molar-refractivity contribution in [2.24, 2.45) is 13.0 Å². The third-order valence-electron chi connectivity index (χ3n) is 6.99. The van der Waals surface area contributed by atoms with E-state index in [0.717, 1.165) is 46.2 Å². The zero-order valence-corrected chi connectivity index (χ0v) is 19.6. The van der Waals surface area contributed by atoms with E-state index in [1.54, 1.807) is 16.8 Å². The molecule has 4 aromatic heterocycles. The van der Waals surface area contributed by atoms with Crippen molar-refractivity contribution in [1.82, 2.24) is 29.5 Å². The van der Waals surface area contributed by atoms with Crippen LogP contribution in [0.1, 0.15) is 30.1 Å². The van der Waals surface area contributed by atoms with Gasteiger partial charge in [0.25, 0.3) is 0 Å². The fourth-order valence-electron chi connectivity index (χ4n) is 5.41. The largest absolute Gasteiger partial charge is 0.384 e. The number of aryl methyl sites for hydroxylation is 2. The fourth-order valence-corrected chi connectivity index (χ4v) is 5.41. The highest BCUT2D eigenvalue weighted by molar-refractivity contribution is 6.05. The molecule has 5 aromatic rings. The molecule has 6 rings (SSSR count). The van der Waals surface area contributed by atoms with E-state index in [1.807, 2.05) is 38.4 Å². The summed E-state index contributed by atoms with van der Waals surface area (Å²) in [6, 6.07) is 12.5. The van der Waals surface area contributed by atoms with Gasteiger partial charge < -0.3 is 15.0 Å². The fraction of sp³-hybridized carbons (Fsp3) is 0.308. The van der Waals surface area contributed by atoms with Crippen molar-refractivity contribution in [3.63, 3.8) is 0 Å². The Morgan fingerprint density at radius 1 is 1.14 bits per heavy atom. The number of benzene rings is 1. The van der Waals surface area contributed by atoms with E-state index in [-0.39, 0.29) is 17.8 Å². The number of pyridine rings is 2. The van der Waals surface area contributed by atoms with Gasteiger partial charge in [-0.2, -0.15) is 0 Å². The van der Waals surface area contributed by atoms with E-state index in [9.17, 15) is 0 Å². The topological polar surface area (TPSA) is 96.7 Å². The van der Waals surface area contributed by atoms with Gasteiger partial charge in [0.15, 0.2) is 0 Å². The Hall–Kier alpha value is -3.85. The second-order valence-corrected chi connectivity index (χ2v) is 9.13. The van der Waals surface area contributed by atoms with Crippen molar-refractivity contribution in [3.05, 3.63) is 65.7 Å². The van der Waals surface area contributed by atoms with Crippen LogP contribution >= 0.6 is 0 Å². The van der Waals surface area contributed by atoms with Crippen LogP contribution in [0, 0.1) is 18.7 Å². The van der Waals surface area contributed by atoms with Crippen molar-refractivity contribution in [1.29, 1.82) is 0 Å². The number of ether oxygens (including phenoxy) is 1. The van der Waals surface area contributed by atoms with Crippen LogP contribution in [0.15, 0.2) is 48.7 Å². The van der Waals surface area contributed by atoms with Gasteiger partial charge in [-0.1, -0.05) is 23.4 Å². The summed E-state index contributed by atoms with van der Waals surface area (Å²) in [4.78, 5) is 9.58. The molecule has 178 valence electrons. The summed E-state index contributed by atoms with van der Waals surface area (Å²) in [6.07, 6.45) is 3.47. The van der Waals surface area contributed by atoms with Crippen LogP contribution in [0.4, 0.5) is 10.2 Å². The van der Waals surface area contributed by atoms with Gasteiger partial charge in [0.05, 0.1) is 28.5 Å². The SMILES string of the molecule is Cc1nnn(C)c1-c1cnc2c3ccc(N)nc3n([C@H](c3ccccc3F)C3CCOCC3)c2c1. The molecule has 1 saturated heterocycles. The lowest BCUT2D eigenvalue weighted by Gasteiger charge is -2.33. The van der Waals surface area contributed by atoms with Gasteiger partial charge in [-0.25, -0.2) is 14.1 Å². The van der Waals surface area contributed by atoms with Gasteiger partial charge in [0, 0.05) is 43.0 Å². The Morgan fingerprint density at radius 3 is 2.69 bits per heavy atom. The second kappa shape index (κ2) is 8.42. The van der Waals surface area contributed by atoms with E-state index >= 15 is 4.39 Å². The van der Waals surface area contributed by atoms with Gasteiger partial charge in [0.2, 0.25) is 0 Å². The lowest BCUT2D eigenvalue weighted by atomic mass is 9.86. The number of aromatic nitrogens is 6. The molecule has 0 amide bonds. The summed E-state index contributed by atoms with van der Waals surface area (Å²) in [6.45, 7) is 3.21. The number of nitrogens with zero attached hydrogens (tertiary/aromatic N) is 6. The van der Waals surface area contributed by atoms with Crippen LogP contribution in [-0.4, -0.2) is 42.7 Å². The average Bonchev–Trinajstić information content (AvgIpc) is 3.36. The molecule has 1 atom stereocenters. The Balaban J connectivity index is 1.69. The molecule has 0 aliphatic carbocycles. The highest BCUT2D eigenvalue weighted by atomic mass is 19.1. The Labute approximate surface area is 201 Å². The van der Waals surface area contributed by atoms with Crippen molar-refractivity contribution < 1.29 is 9.13 Å². The van der Waals surface area contributed by atoms with Crippen LogP contribution in [0.2, 0.25) is 0 Å². The van der Waals surface area contributed by atoms with Crippen LogP contribution in [0.5, 0.6) is 0 Å². The van der Waals surface area contributed by atoms with Crippen molar-refractivity contribution in [2.75, 3.05) is 18.9 Å². The summed E-state index contributed by atoms with van der Waals surface area (Å²) in [5, 5.41) is 9.24. The van der Waals surface area contributed by atoms with E-state index in [2.05, 4.69) is 20.9 Å². The smallest absolute Gasteiger partial charge is 0.145 e. The predicted molar refractivity (Wildman–Crippen MR) is 132 cm³/mol. The molecule has 8 nitrogen and oxygen atoms in total. The quantitative estimate of drug-likeness (QED) is 0.417. The maximum Gasteiger partial charge on any atom is 0.145 e. The van der Waals surface area contributed by atoms with E-state index in [4.69, 9.17) is 20.4 Å². The minimum absolute atomic E-state index is 0.159. The number of fused-ring (bicyclic) bond motifs is 3. The molecule has 0 spiro atoms. The van der Waals surface area contributed by atoms with Crippen molar-refractivity contribution in [3.8, 4) is 11.3 Å². The first kappa shape index (κ1) is 21.7. The predicted octanol–water partition coefficient (Wildman–Crippen LogP) is 4.43. The first-order valence-electron chi connectivity index (χ1n) is 11.8. The van der Waals surface area contributed by atoms with E-state index < -0.39 is 0 Å². The highest BCUT2D eigenvalue weighted by Gasteiger charge is 2.32. The average molecular weight is 472 g/mol. The molecule has 2 N–H and O–H groups in total. The van der Waals surface area contributed by atoms with Gasteiger partial charge >= 0.3 is 0 Å². The number of nitrogen functional groups attached to an aromatic ring is 1.